The fourth-order valence-electron chi connectivity index (χ4n) is 3.97. The van der Waals surface area contributed by atoms with Crippen LogP contribution in [0.15, 0.2) is 30.5 Å². The maximum atomic E-state index is 12.8. The molecular formula is C19H21N3O5. The zero-order valence-corrected chi connectivity index (χ0v) is 15.2. The van der Waals surface area contributed by atoms with E-state index in [-0.39, 0.29) is 31.5 Å². The van der Waals surface area contributed by atoms with Crippen molar-refractivity contribution in [3.8, 4) is 11.5 Å². The molecule has 0 radical (unpaired) electrons. The lowest BCUT2D eigenvalue weighted by Gasteiger charge is -2.35. The normalized spacial score (nSPS) is 23.3. The van der Waals surface area contributed by atoms with Gasteiger partial charge in [0.15, 0.2) is 0 Å². The average Bonchev–Trinajstić information content (AvgIpc) is 3.26. The maximum absolute atomic E-state index is 12.8. The molecule has 2 aliphatic heterocycles. The van der Waals surface area contributed by atoms with E-state index in [9.17, 15) is 14.7 Å². The lowest BCUT2D eigenvalue weighted by Crippen LogP contribution is -2.46. The second kappa shape index (κ2) is 6.29. The van der Waals surface area contributed by atoms with E-state index in [1.807, 2.05) is 19.1 Å². The Kier molecular flexibility index (Phi) is 4.05. The smallest absolute Gasteiger partial charge is 0.315 e. The van der Waals surface area contributed by atoms with Gasteiger partial charge in [0.2, 0.25) is 5.91 Å². The van der Waals surface area contributed by atoms with Gasteiger partial charge in [-0.2, -0.15) is 5.10 Å². The fraction of sp³-hybridized carbons (Fsp3) is 0.421. The molecule has 0 unspecified atom stereocenters. The van der Waals surface area contributed by atoms with E-state index in [1.54, 1.807) is 35.0 Å². The number of hydrogen-bond acceptors (Lipinski definition) is 5. The van der Waals surface area contributed by atoms with Crippen molar-refractivity contribution in [2.45, 2.75) is 19.4 Å². The Hall–Kier alpha value is -3.03. The van der Waals surface area contributed by atoms with Gasteiger partial charge in [-0.15, -0.1) is 0 Å². The van der Waals surface area contributed by atoms with Gasteiger partial charge in [0, 0.05) is 42.5 Å². The highest BCUT2D eigenvalue weighted by molar-refractivity contribution is 5.83. The Bertz CT molecular complexity index is 909. The first-order chi connectivity index (χ1) is 12.9. The summed E-state index contributed by atoms with van der Waals surface area (Å²) >= 11 is 0. The van der Waals surface area contributed by atoms with Crippen LogP contribution in [0.25, 0.3) is 0 Å². The molecule has 2 aliphatic rings. The number of aromatic nitrogens is 2. The molecule has 142 valence electrons. The van der Waals surface area contributed by atoms with Crippen molar-refractivity contribution in [3.05, 3.63) is 41.7 Å². The molecule has 8 heteroatoms. The van der Waals surface area contributed by atoms with Gasteiger partial charge in [0.1, 0.15) is 30.1 Å². The molecule has 1 aromatic heterocycles. The molecule has 0 saturated carbocycles. The zero-order valence-electron chi connectivity index (χ0n) is 15.2. The van der Waals surface area contributed by atoms with E-state index in [1.165, 1.54) is 0 Å². The molecule has 1 saturated heterocycles. The van der Waals surface area contributed by atoms with Gasteiger partial charge < -0.3 is 19.5 Å². The predicted octanol–water partition coefficient (Wildman–Crippen LogP) is 1.29. The van der Waals surface area contributed by atoms with Crippen molar-refractivity contribution in [1.29, 1.82) is 0 Å². The van der Waals surface area contributed by atoms with E-state index < -0.39 is 11.4 Å². The molecule has 0 aliphatic carbocycles. The van der Waals surface area contributed by atoms with Gasteiger partial charge in [-0.3, -0.25) is 14.3 Å². The number of ether oxygens (including phenoxy) is 2. The van der Waals surface area contributed by atoms with Crippen LogP contribution < -0.4 is 9.47 Å². The summed E-state index contributed by atoms with van der Waals surface area (Å²) in [6.07, 6.45) is 1.64. The molecule has 2 aromatic rings. The number of carboxylic acid groups (broad SMARTS) is 1. The molecule has 0 bridgehead atoms. The number of rotatable bonds is 4. The van der Waals surface area contributed by atoms with Gasteiger partial charge in [-0.25, -0.2) is 0 Å². The highest BCUT2D eigenvalue weighted by Crippen LogP contribution is 2.50. The Labute approximate surface area is 156 Å². The Morgan fingerprint density at radius 2 is 2.22 bits per heavy atom. The summed E-state index contributed by atoms with van der Waals surface area (Å²) < 4.78 is 12.6. The topological polar surface area (TPSA) is 93.9 Å². The van der Waals surface area contributed by atoms with Gasteiger partial charge in [-0.1, -0.05) is 6.07 Å². The van der Waals surface area contributed by atoms with Crippen molar-refractivity contribution >= 4 is 11.9 Å². The summed E-state index contributed by atoms with van der Waals surface area (Å²) in [5.41, 5.74) is 0.542. The summed E-state index contributed by atoms with van der Waals surface area (Å²) in [7, 11) is 1.57. The number of fused-ring (bicyclic) bond motifs is 3. The van der Waals surface area contributed by atoms with Gasteiger partial charge >= 0.3 is 5.97 Å². The van der Waals surface area contributed by atoms with Crippen molar-refractivity contribution in [2.24, 2.45) is 5.41 Å². The van der Waals surface area contributed by atoms with Crippen LogP contribution in [0.5, 0.6) is 11.5 Å². The summed E-state index contributed by atoms with van der Waals surface area (Å²) in [5, 5.41) is 14.1. The molecule has 1 aromatic carbocycles. The number of likely N-dealkylation sites (tertiary alicyclic amines) is 1. The van der Waals surface area contributed by atoms with Crippen LogP contribution in [0, 0.1) is 12.3 Å². The first-order valence-electron chi connectivity index (χ1n) is 8.75. The van der Waals surface area contributed by atoms with E-state index in [2.05, 4.69) is 5.10 Å². The summed E-state index contributed by atoms with van der Waals surface area (Å²) in [5.74, 6) is -0.149. The van der Waals surface area contributed by atoms with E-state index in [0.29, 0.717) is 18.0 Å². The van der Waals surface area contributed by atoms with Crippen LogP contribution in [0.1, 0.15) is 17.2 Å². The highest BCUT2D eigenvalue weighted by atomic mass is 16.5. The minimum Gasteiger partial charge on any atom is -0.497 e. The maximum Gasteiger partial charge on any atom is 0.315 e. The quantitative estimate of drug-likeness (QED) is 0.870. The second-order valence-electron chi connectivity index (χ2n) is 7.11. The van der Waals surface area contributed by atoms with Crippen molar-refractivity contribution in [3.63, 3.8) is 0 Å². The first-order valence-corrected chi connectivity index (χ1v) is 8.75. The number of benzene rings is 1. The van der Waals surface area contributed by atoms with Crippen LogP contribution in [0.3, 0.4) is 0 Å². The zero-order chi connectivity index (χ0) is 19.2. The number of hydrogen-bond donors (Lipinski definition) is 1. The third-order valence-corrected chi connectivity index (χ3v) is 5.62. The lowest BCUT2D eigenvalue weighted by atomic mass is 9.73. The number of amides is 1. The standard InChI is InChI=1S/C19H21N3O5/c1-12-5-6-20-22(12)9-17(23)21-8-15-14-4-3-13(26-2)7-16(14)27-11-19(15,10-21)18(24)25/h3-7,15H,8-11H2,1-2H3,(H,24,25)/t15-,19-/m0/s1. The Balaban J connectivity index is 1.64. The molecule has 4 rings (SSSR count). The lowest BCUT2D eigenvalue weighted by molar-refractivity contribution is -0.152. The molecule has 8 nitrogen and oxygen atoms in total. The van der Waals surface area contributed by atoms with E-state index >= 15 is 0 Å². The summed E-state index contributed by atoms with van der Waals surface area (Å²) in [6, 6.07) is 7.21. The minimum atomic E-state index is -1.14. The average molecular weight is 371 g/mol. The third-order valence-electron chi connectivity index (χ3n) is 5.62. The Morgan fingerprint density at radius 1 is 1.41 bits per heavy atom. The van der Waals surface area contributed by atoms with E-state index in [4.69, 9.17) is 9.47 Å². The van der Waals surface area contributed by atoms with Gasteiger partial charge in [-0.05, 0) is 19.1 Å². The molecule has 27 heavy (non-hydrogen) atoms. The van der Waals surface area contributed by atoms with Gasteiger partial charge in [0.25, 0.3) is 0 Å². The number of aliphatic carboxylic acids is 1. The van der Waals surface area contributed by atoms with Crippen LogP contribution in [-0.2, 0) is 16.1 Å². The molecule has 0 spiro atoms. The number of carboxylic acids is 1. The highest BCUT2D eigenvalue weighted by Gasteiger charge is 2.57. The van der Waals surface area contributed by atoms with Crippen LogP contribution >= 0.6 is 0 Å². The Morgan fingerprint density at radius 3 is 2.89 bits per heavy atom. The third kappa shape index (κ3) is 2.72. The van der Waals surface area contributed by atoms with Crippen molar-refractivity contribution < 1.29 is 24.2 Å². The molecular weight excluding hydrogens is 350 g/mol. The first kappa shape index (κ1) is 17.4. The minimum absolute atomic E-state index is 0.0255. The van der Waals surface area contributed by atoms with Crippen LogP contribution in [0.2, 0.25) is 0 Å². The monoisotopic (exact) mass is 371 g/mol. The molecule has 1 amide bonds. The number of methoxy groups -OCH3 is 1. The van der Waals surface area contributed by atoms with Gasteiger partial charge in [0.05, 0.1) is 7.11 Å². The van der Waals surface area contributed by atoms with Crippen molar-refractivity contribution in [1.82, 2.24) is 14.7 Å². The van der Waals surface area contributed by atoms with Crippen LogP contribution in [0.4, 0.5) is 0 Å². The number of nitrogens with zero attached hydrogens (tertiary/aromatic N) is 3. The molecule has 2 atom stereocenters. The number of carbonyl (C=O) groups excluding carboxylic acids is 1. The number of aryl methyl sites for hydroxylation is 1. The van der Waals surface area contributed by atoms with Crippen LogP contribution in [-0.4, -0.2) is 58.5 Å². The van der Waals surface area contributed by atoms with E-state index in [0.717, 1.165) is 11.3 Å². The number of carbonyl (C=O) groups is 2. The fourth-order valence-corrected chi connectivity index (χ4v) is 3.97. The molecule has 3 heterocycles. The molecule has 1 N–H and O–H groups in total. The largest absolute Gasteiger partial charge is 0.497 e. The SMILES string of the molecule is COc1ccc2c(c1)OC[C@@]1(C(=O)O)CN(C(=O)Cn3nccc3C)C[C@@H]21. The summed E-state index contributed by atoms with van der Waals surface area (Å²) in [4.78, 5) is 26.6. The second-order valence-corrected chi connectivity index (χ2v) is 7.11. The molecule has 1 fully saturated rings. The predicted molar refractivity (Wildman–Crippen MR) is 94.8 cm³/mol. The summed E-state index contributed by atoms with van der Waals surface area (Å²) in [6.45, 7) is 2.46. The van der Waals surface area contributed by atoms with Crippen molar-refractivity contribution in [2.75, 3.05) is 26.8 Å².